The Hall–Kier alpha value is 0.797. The fraction of sp³-hybridized carbons (Fsp3) is 1.00. The molecule has 0 saturated carbocycles. The molecule has 0 aliphatic carbocycles. The third-order valence-electron chi connectivity index (χ3n) is 3.60. The van der Waals surface area contributed by atoms with Gasteiger partial charge in [-0.05, 0) is 37.2 Å². The van der Waals surface area contributed by atoms with Crippen LogP contribution in [0.3, 0.4) is 0 Å². The Morgan fingerprint density at radius 3 is 1.45 bits per heavy atom. The van der Waals surface area contributed by atoms with Crippen LogP contribution < -0.4 is 0 Å². The van der Waals surface area contributed by atoms with Crippen molar-refractivity contribution in [1.29, 1.82) is 0 Å². The van der Waals surface area contributed by atoms with E-state index in [4.69, 9.17) is 13.3 Å². The van der Waals surface area contributed by atoms with E-state index >= 15 is 0 Å². The van der Waals surface area contributed by atoms with E-state index in [0.29, 0.717) is 0 Å². The molecule has 0 radical (unpaired) electrons. The molecule has 1 atom stereocenters. The normalized spacial score (nSPS) is 13.5. The van der Waals surface area contributed by atoms with Crippen molar-refractivity contribution in [3.8, 4) is 0 Å². The van der Waals surface area contributed by atoms with Crippen LogP contribution in [-0.4, -0.2) is 40.1 Å². The van der Waals surface area contributed by atoms with Crippen LogP contribution in [-0.2, 0) is 13.3 Å². The van der Waals surface area contributed by atoms with Gasteiger partial charge in [-0.3, -0.25) is 0 Å². The summed E-state index contributed by atoms with van der Waals surface area (Å²) in [6.45, 7) is 8.68. The molecule has 0 spiro atoms. The van der Waals surface area contributed by atoms with E-state index in [0.717, 1.165) is 76.3 Å². The Bertz CT molecular complexity index is 219. The van der Waals surface area contributed by atoms with E-state index in [-0.39, 0.29) is 5.54 Å². The van der Waals surface area contributed by atoms with Crippen molar-refractivity contribution in [1.82, 2.24) is 0 Å². The molecule has 0 rings (SSSR count). The third kappa shape index (κ3) is 9.18. The molecule has 134 valence electrons. The monoisotopic (exact) mass is 368 g/mol. The summed E-state index contributed by atoms with van der Waals surface area (Å²) in [5, 5.41) is 0. The van der Waals surface area contributed by atoms with Crippen LogP contribution in [0.4, 0.5) is 0 Å². The number of hydrogen-bond donors (Lipinski definition) is 2. The Morgan fingerprint density at radius 2 is 1.18 bits per heavy atom. The van der Waals surface area contributed by atoms with E-state index in [1.807, 2.05) is 0 Å². The van der Waals surface area contributed by atoms with Crippen LogP contribution in [0.2, 0.25) is 5.54 Å². The van der Waals surface area contributed by atoms with Crippen molar-refractivity contribution in [3.63, 3.8) is 0 Å². The molecule has 0 bridgehead atoms. The summed E-state index contributed by atoms with van der Waals surface area (Å²) >= 11 is 8.93. The van der Waals surface area contributed by atoms with Crippen LogP contribution >= 0.6 is 25.3 Å². The Balaban J connectivity index is 4.97. The predicted molar refractivity (Wildman–Crippen MR) is 104 cm³/mol. The van der Waals surface area contributed by atoms with Gasteiger partial charge in [0.2, 0.25) is 0 Å². The lowest BCUT2D eigenvalue weighted by Gasteiger charge is -2.35. The molecule has 0 aliphatic heterocycles. The van der Waals surface area contributed by atoms with Gasteiger partial charge in [0, 0.05) is 25.4 Å². The maximum absolute atomic E-state index is 6.28. The largest absolute Gasteiger partial charge is 0.505 e. The Morgan fingerprint density at radius 1 is 0.773 bits per heavy atom. The Kier molecular flexibility index (Phi) is 15.9. The van der Waals surface area contributed by atoms with Crippen LogP contribution in [0, 0.1) is 0 Å². The fourth-order valence-corrected chi connectivity index (χ4v) is 6.46. The third-order valence-corrected chi connectivity index (χ3v) is 7.96. The lowest BCUT2D eigenvalue weighted by Crippen LogP contribution is -2.51. The molecule has 6 heteroatoms. The van der Waals surface area contributed by atoms with Crippen molar-refractivity contribution < 1.29 is 13.3 Å². The first kappa shape index (κ1) is 22.8. The van der Waals surface area contributed by atoms with E-state index in [9.17, 15) is 0 Å². The standard InChI is InChI=1S/C16H36O3S2Si/c1-4-7-11-17-22(18-12-8-5-2,19-13-9-6-3)16(15-21)10-14-20/h16,20-21H,4-15H2,1-3H3. The highest BCUT2D eigenvalue weighted by molar-refractivity contribution is 7.80. The molecule has 0 aromatic heterocycles. The minimum absolute atomic E-state index is 0.235. The molecule has 0 heterocycles. The van der Waals surface area contributed by atoms with Gasteiger partial charge >= 0.3 is 8.80 Å². The quantitative estimate of drug-likeness (QED) is 0.228. The first-order valence-electron chi connectivity index (χ1n) is 8.84. The molecule has 0 saturated heterocycles. The highest BCUT2D eigenvalue weighted by Gasteiger charge is 2.48. The zero-order valence-corrected chi connectivity index (χ0v) is 17.5. The number of thiol groups is 2. The van der Waals surface area contributed by atoms with Crippen molar-refractivity contribution in [2.75, 3.05) is 31.3 Å². The van der Waals surface area contributed by atoms with Gasteiger partial charge in [-0.2, -0.15) is 25.3 Å². The lowest BCUT2D eigenvalue weighted by molar-refractivity contribution is 0.0482. The average Bonchev–Trinajstić information content (AvgIpc) is 2.53. The highest BCUT2D eigenvalue weighted by Crippen LogP contribution is 2.31. The smallest absolute Gasteiger partial charge is 0.373 e. The van der Waals surface area contributed by atoms with Gasteiger partial charge in [0.15, 0.2) is 0 Å². The number of rotatable bonds is 16. The summed E-state index contributed by atoms with van der Waals surface area (Å²) in [6.07, 6.45) is 7.42. The maximum Gasteiger partial charge on any atom is 0.505 e. The predicted octanol–water partition coefficient (Wildman–Crippen LogP) is 5.00. The van der Waals surface area contributed by atoms with Crippen molar-refractivity contribution >= 4 is 34.1 Å². The van der Waals surface area contributed by atoms with E-state index < -0.39 is 8.80 Å². The van der Waals surface area contributed by atoms with Gasteiger partial charge in [-0.1, -0.05) is 40.0 Å². The Labute approximate surface area is 150 Å². The summed E-state index contributed by atoms with van der Waals surface area (Å²) in [4.78, 5) is 0. The molecule has 0 N–H and O–H groups in total. The van der Waals surface area contributed by atoms with Crippen molar-refractivity contribution in [2.45, 2.75) is 71.3 Å². The van der Waals surface area contributed by atoms with Crippen LogP contribution in [0.5, 0.6) is 0 Å². The van der Waals surface area contributed by atoms with Crippen LogP contribution in [0.1, 0.15) is 65.7 Å². The van der Waals surface area contributed by atoms with Gasteiger partial charge in [-0.25, -0.2) is 0 Å². The molecule has 0 aromatic rings. The summed E-state index contributed by atoms with van der Waals surface area (Å²) in [6, 6.07) is 0. The van der Waals surface area contributed by atoms with Crippen molar-refractivity contribution in [2.24, 2.45) is 0 Å². The SMILES string of the molecule is CCCCO[Si](OCCCC)(OCCCC)C(CS)CCS. The molecule has 1 unspecified atom stereocenters. The van der Waals surface area contributed by atoms with Gasteiger partial charge < -0.3 is 13.3 Å². The average molecular weight is 369 g/mol. The van der Waals surface area contributed by atoms with E-state index in [1.54, 1.807) is 0 Å². The minimum Gasteiger partial charge on any atom is -0.373 e. The molecular formula is C16H36O3S2Si. The topological polar surface area (TPSA) is 27.7 Å². The van der Waals surface area contributed by atoms with E-state index in [1.165, 1.54) is 0 Å². The summed E-state index contributed by atoms with van der Waals surface area (Å²) in [5.41, 5.74) is 0.235. The zero-order chi connectivity index (χ0) is 16.7. The highest BCUT2D eigenvalue weighted by atomic mass is 32.1. The number of unbranched alkanes of at least 4 members (excludes halogenated alkanes) is 3. The van der Waals surface area contributed by atoms with Crippen molar-refractivity contribution in [3.05, 3.63) is 0 Å². The van der Waals surface area contributed by atoms with Gasteiger partial charge in [-0.15, -0.1) is 0 Å². The van der Waals surface area contributed by atoms with Gasteiger partial charge in [0.25, 0.3) is 0 Å². The molecular weight excluding hydrogens is 332 g/mol. The summed E-state index contributed by atoms with van der Waals surface area (Å²) in [7, 11) is -2.68. The molecule has 22 heavy (non-hydrogen) atoms. The van der Waals surface area contributed by atoms with Gasteiger partial charge in [0.05, 0.1) is 0 Å². The van der Waals surface area contributed by atoms with Crippen LogP contribution in [0.25, 0.3) is 0 Å². The first-order chi connectivity index (χ1) is 10.7. The van der Waals surface area contributed by atoms with Crippen LogP contribution in [0.15, 0.2) is 0 Å². The molecule has 0 amide bonds. The molecule has 0 aliphatic rings. The second-order valence-electron chi connectivity index (χ2n) is 5.60. The zero-order valence-electron chi connectivity index (χ0n) is 14.7. The molecule has 0 fully saturated rings. The molecule has 3 nitrogen and oxygen atoms in total. The molecule has 0 aromatic carbocycles. The van der Waals surface area contributed by atoms with Gasteiger partial charge in [0.1, 0.15) is 0 Å². The second kappa shape index (κ2) is 15.3. The lowest BCUT2D eigenvalue weighted by atomic mass is 10.4. The second-order valence-corrected chi connectivity index (χ2v) is 9.30. The summed E-state index contributed by atoms with van der Waals surface area (Å²) in [5.74, 6) is 1.54. The van der Waals surface area contributed by atoms with E-state index in [2.05, 4.69) is 46.0 Å². The minimum atomic E-state index is -2.68. The fourth-order valence-electron chi connectivity index (χ4n) is 2.09. The maximum atomic E-state index is 6.28. The number of hydrogen-bond acceptors (Lipinski definition) is 5. The summed E-state index contributed by atoms with van der Waals surface area (Å²) < 4.78 is 18.8. The first-order valence-corrected chi connectivity index (χ1v) is 11.9.